The molecule has 178 valence electrons. The smallest absolute Gasteiger partial charge is 0.299 e. The van der Waals surface area contributed by atoms with Crippen molar-refractivity contribution < 1.29 is 13.2 Å². The fraction of sp³-hybridized carbons (Fsp3) is 0.741. The van der Waals surface area contributed by atoms with Crippen LogP contribution in [0.2, 0.25) is 0 Å². The Morgan fingerprint density at radius 3 is 2.28 bits per heavy atom. The lowest BCUT2D eigenvalue weighted by Crippen LogP contribution is -2.46. The second-order valence-corrected chi connectivity index (χ2v) is 10.5. The van der Waals surface area contributed by atoms with Gasteiger partial charge in [0, 0.05) is 19.0 Å². The first kappa shape index (κ1) is 25.1. The third kappa shape index (κ3) is 6.98. The molecule has 3 rings (SSSR count). The monoisotopic (exact) mass is 448 g/mol. The van der Waals surface area contributed by atoms with Gasteiger partial charge in [-0.25, -0.2) is 0 Å². The Hall–Kier alpha value is -1.54. The van der Waals surface area contributed by atoms with Crippen LogP contribution in [-0.2, 0) is 6.18 Å². The zero-order valence-electron chi connectivity index (χ0n) is 19.7. The van der Waals surface area contributed by atoms with Crippen molar-refractivity contribution in [1.82, 2.24) is 4.90 Å². The zero-order chi connectivity index (χ0) is 23.1. The van der Waals surface area contributed by atoms with Crippen molar-refractivity contribution in [2.45, 2.75) is 96.2 Å². The van der Waals surface area contributed by atoms with Crippen LogP contribution in [0.15, 0.2) is 24.3 Å². The van der Waals surface area contributed by atoms with Gasteiger partial charge < -0.3 is 0 Å². The maximum Gasteiger partial charge on any atom is 0.416 e. The van der Waals surface area contributed by atoms with E-state index in [1.54, 1.807) is 12.1 Å². The standard InChI is InChI=1S/C27H39F3N2/c1-20(2)15-17-32(19-22-6-4-3-5-7-22)26-13-8-21(14-16-31)18-25(26)23-9-11-24(12-10-23)27(28,29)30/h9-12,20-22,25-26H,3-8,13-15,17-19H2,1-2H3/t21-,25-,26+/m0/s1. The van der Waals surface area contributed by atoms with E-state index in [-0.39, 0.29) is 5.92 Å². The molecular weight excluding hydrogens is 409 g/mol. The first-order valence-electron chi connectivity index (χ1n) is 12.6. The second kappa shape index (κ2) is 11.5. The molecule has 1 aromatic carbocycles. The second-order valence-electron chi connectivity index (χ2n) is 10.5. The lowest BCUT2D eigenvalue weighted by molar-refractivity contribution is -0.137. The van der Waals surface area contributed by atoms with E-state index in [2.05, 4.69) is 24.8 Å². The predicted octanol–water partition coefficient (Wildman–Crippen LogP) is 7.80. The number of nitrogens with zero attached hydrogens (tertiary/aromatic N) is 2. The topological polar surface area (TPSA) is 27.0 Å². The van der Waals surface area contributed by atoms with Crippen LogP contribution in [0.3, 0.4) is 0 Å². The fourth-order valence-electron chi connectivity index (χ4n) is 5.79. The summed E-state index contributed by atoms with van der Waals surface area (Å²) in [5.74, 6) is 1.90. The number of nitriles is 1. The van der Waals surface area contributed by atoms with E-state index in [1.165, 1.54) is 44.2 Å². The summed E-state index contributed by atoms with van der Waals surface area (Å²) in [5, 5.41) is 9.25. The molecule has 0 aliphatic heterocycles. The highest BCUT2D eigenvalue weighted by Crippen LogP contribution is 2.42. The predicted molar refractivity (Wildman–Crippen MR) is 123 cm³/mol. The molecule has 0 spiro atoms. The summed E-state index contributed by atoms with van der Waals surface area (Å²) in [5.41, 5.74) is 0.421. The van der Waals surface area contributed by atoms with Crippen molar-refractivity contribution in [2.24, 2.45) is 17.8 Å². The van der Waals surface area contributed by atoms with E-state index in [0.717, 1.165) is 50.3 Å². The minimum absolute atomic E-state index is 0.195. The van der Waals surface area contributed by atoms with Crippen molar-refractivity contribution in [3.05, 3.63) is 35.4 Å². The molecule has 2 nitrogen and oxygen atoms in total. The lowest BCUT2D eigenvalue weighted by Gasteiger charge is -2.44. The Bertz CT molecular complexity index is 729. The number of hydrogen-bond donors (Lipinski definition) is 0. The minimum atomic E-state index is -4.31. The Morgan fingerprint density at radius 2 is 1.69 bits per heavy atom. The molecule has 0 aromatic heterocycles. The van der Waals surface area contributed by atoms with Crippen molar-refractivity contribution in [2.75, 3.05) is 13.1 Å². The molecule has 5 heteroatoms. The van der Waals surface area contributed by atoms with Crippen LogP contribution in [0.25, 0.3) is 0 Å². The molecule has 2 aliphatic carbocycles. The van der Waals surface area contributed by atoms with Crippen LogP contribution < -0.4 is 0 Å². The third-order valence-corrected chi connectivity index (χ3v) is 7.65. The molecule has 1 aromatic rings. The Morgan fingerprint density at radius 1 is 1.00 bits per heavy atom. The van der Waals surface area contributed by atoms with Gasteiger partial charge in [0.15, 0.2) is 0 Å². The van der Waals surface area contributed by atoms with Gasteiger partial charge in [-0.05, 0) is 86.4 Å². The number of benzene rings is 1. The molecule has 3 atom stereocenters. The fourth-order valence-corrected chi connectivity index (χ4v) is 5.79. The summed E-state index contributed by atoms with van der Waals surface area (Å²) in [6.45, 7) is 6.68. The van der Waals surface area contributed by atoms with Crippen molar-refractivity contribution in [1.29, 1.82) is 5.26 Å². The van der Waals surface area contributed by atoms with Gasteiger partial charge in [-0.2, -0.15) is 18.4 Å². The normalized spacial score (nSPS) is 25.2. The van der Waals surface area contributed by atoms with E-state index < -0.39 is 11.7 Å². The molecule has 0 saturated heterocycles. The molecule has 32 heavy (non-hydrogen) atoms. The maximum atomic E-state index is 13.1. The van der Waals surface area contributed by atoms with E-state index in [9.17, 15) is 18.4 Å². The molecular formula is C27H39F3N2. The summed E-state index contributed by atoms with van der Waals surface area (Å²) in [6, 6.07) is 8.53. The van der Waals surface area contributed by atoms with Gasteiger partial charge in [0.1, 0.15) is 0 Å². The highest BCUT2D eigenvalue weighted by Gasteiger charge is 2.37. The zero-order valence-corrected chi connectivity index (χ0v) is 19.7. The van der Waals surface area contributed by atoms with Gasteiger partial charge in [-0.15, -0.1) is 0 Å². The molecule has 0 heterocycles. The van der Waals surface area contributed by atoms with Crippen LogP contribution in [-0.4, -0.2) is 24.0 Å². The summed E-state index contributed by atoms with van der Waals surface area (Å²) < 4.78 is 39.4. The summed E-state index contributed by atoms with van der Waals surface area (Å²) in [7, 11) is 0. The highest BCUT2D eigenvalue weighted by atomic mass is 19.4. The number of halogens is 3. The van der Waals surface area contributed by atoms with Crippen molar-refractivity contribution in [3.8, 4) is 6.07 Å². The molecule has 2 aliphatic rings. The Labute approximate surface area is 192 Å². The number of alkyl halides is 3. The molecule has 0 bridgehead atoms. The average molecular weight is 449 g/mol. The van der Waals surface area contributed by atoms with Crippen molar-refractivity contribution in [3.63, 3.8) is 0 Å². The minimum Gasteiger partial charge on any atom is -0.299 e. The molecule has 0 N–H and O–H groups in total. The van der Waals surface area contributed by atoms with Crippen LogP contribution >= 0.6 is 0 Å². The van der Waals surface area contributed by atoms with Gasteiger partial charge in [0.05, 0.1) is 11.6 Å². The number of rotatable bonds is 8. The lowest BCUT2D eigenvalue weighted by atomic mass is 9.72. The number of hydrogen-bond acceptors (Lipinski definition) is 2. The van der Waals surface area contributed by atoms with E-state index in [1.807, 2.05) is 0 Å². The first-order chi connectivity index (χ1) is 15.3. The van der Waals surface area contributed by atoms with Crippen LogP contribution in [0.1, 0.15) is 95.1 Å². The molecule has 0 amide bonds. The maximum absolute atomic E-state index is 13.1. The quantitative estimate of drug-likeness (QED) is 0.406. The van der Waals surface area contributed by atoms with Gasteiger partial charge in [0.2, 0.25) is 0 Å². The van der Waals surface area contributed by atoms with E-state index in [4.69, 9.17) is 0 Å². The summed E-state index contributed by atoms with van der Waals surface area (Å²) >= 11 is 0. The van der Waals surface area contributed by atoms with Crippen LogP contribution in [0.4, 0.5) is 13.2 Å². The third-order valence-electron chi connectivity index (χ3n) is 7.65. The van der Waals surface area contributed by atoms with Gasteiger partial charge >= 0.3 is 6.18 Å². The highest BCUT2D eigenvalue weighted by molar-refractivity contribution is 5.29. The average Bonchev–Trinajstić information content (AvgIpc) is 2.77. The molecule has 2 fully saturated rings. The SMILES string of the molecule is CC(C)CCN(CC1CCCCC1)[C@@H]1CC[C@@H](CC#N)C[C@H]1c1ccc(C(F)(F)F)cc1. The van der Waals surface area contributed by atoms with Gasteiger partial charge in [0.25, 0.3) is 0 Å². The molecule has 0 radical (unpaired) electrons. The molecule has 2 saturated carbocycles. The van der Waals surface area contributed by atoms with E-state index >= 15 is 0 Å². The van der Waals surface area contributed by atoms with E-state index in [0.29, 0.717) is 24.3 Å². The largest absolute Gasteiger partial charge is 0.416 e. The Balaban J connectivity index is 1.84. The molecule has 0 unspecified atom stereocenters. The van der Waals surface area contributed by atoms with Crippen LogP contribution in [0, 0.1) is 29.1 Å². The van der Waals surface area contributed by atoms with Gasteiger partial charge in [-0.1, -0.05) is 45.2 Å². The van der Waals surface area contributed by atoms with Gasteiger partial charge in [-0.3, -0.25) is 4.90 Å². The van der Waals surface area contributed by atoms with Crippen molar-refractivity contribution >= 4 is 0 Å². The summed E-state index contributed by atoms with van der Waals surface area (Å²) in [4.78, 5) is 2.68. The Kier molecular flexibility index (Phi) is 9.05. The van der Waals surface area contributed by atoms with Crippen LogP contribution in [0.5, 0.6) is 0 Å². The first-order valence-corrected chi connectivity index (χ1v) is 12.6. The summed E-state index contributed by atoms with van der Waals surface area (Å²) in [6.07, 6.45) is 6.92.